The number of thioether (sulfide) groups is 2. The molecule has 110 valence electrons. The van der Waals surface area contributed by atoms with E-state index in [9.17, 15) is 0 Å². The molecule has 0 aromatic heterocycles. The van der Waals surface area contributed by atoms with Crippen molar-refractivity contribution in [1.29, 1.82) is 0 Å². The van der Waals surface area contributed by atoms with Gasteiger partial charge in [0.25, 0.3) is 0 Å². The van der Waals surface area contributed by atoms with Gasteiger partial charge in [0.2, 0.25) is 0 Å². The van der Waals surface area contributed by atoms with E-state index < -0.39 is 0 Å². The van der Waals surface area contributed by atoms with Crippen LogP contribution in [0.3, 0.4) is 0 Å². The number of benzene rings is 1. The Labute approximate surface area is 131 Å². The molecule has 3 heteroatoms. The molecule has 0 radical (unpaired) electrons. The molecular weight excluding hydrogens is 282 g/mol. The van der Waals surface area contributed by atoms with Crippen LogP contribution >= 0.6 is 23.5 Å². The van der Waals surface area contributed by atoms with E-state index in [1.54, 1.807) is 11.1 Å². The van der Waals surface area contributed by atoms with Crippen molar-refractivity contribution in [2.45, 2.75) is 43.9 Å². The molecule has 1 heterocycles. The van der Waals surface area contributed by atoms with Crippen molar-refractivity contribution in [1.82, 2.24) is 5.32 Å². The number of nitrogens with one attached hydrogen (secondary N) is 1. The molecule has 20 heavy (non-hydrogen) atoms. The van der Waals surface area contributed by atoms with Gasteiger partial charge >= 0.3 is 0 Å². The molecule has 2 atom stereocenters. The first-order valence-corrected chi connectivity index (χ1v) is 10.1. The zero-order valence-electron chi connectivity index (χ0n) is 12.4. The van der Waals surface area contributed by atoms with Gasteiger partial charge in [-0.25, -0.2) is 0 Å². The molecule has 1 aromatic rings. The summed E-state index contributed by atoms with van der Waals surface area (Å²) >= 11 is 4.25. The van der Waals surface area contributed by atoms with Crippen LogP contribution in [0.5, 0.6) is 0 Å². The molecule has 1 N–H and O–H groups in total. The van der Waals surface area contributed by atoms with Crippen molar-refractivity contribution in [3.8, 4) is 0 Å². The van der Waals surface area contributed by atoms with Crippen LogP contribution < -0.4 is 5.32 Å². The zero-order valence-corrected chi connectivity index (χ0v) is 14.0. The fourth-order valence-corrected chi connectivity index (χ4v) is 5.73. The minimum atomic E-state index is 0.481. The Hall–Kier alpha value is -0.120. The lowest BCUT2D eigenvalue weighted by atomic mass is 9.89. The van der Waals surface area contributed by atoms with Gasteiger partial charge in [0.05, 0.1) is 0 Å². The maximum atomic E-state index is 3.74. The van der Waals surface area contributed by atoms with E-state index in [-0.39, 0.29) is 0 Å². The fraction of sp³-hybridized carbons (Fsp3) is 0.647. The summed E-state index contributed by atoms with van der Waals surface area (Å²) in [5, 5.41) is 4.54. The van der Waals surface area contributed by atoms with Crippen LogP contribution in [-0.4, -0.2) is 29.1 Å². The Kier molecular flexibility index (Phi) is 5.36. The smallest absolute Gasteiger partial charge is 0.0292 e. The lowest BCUT2D eigenvalue weighted by Gasteiger charge is -2.24. The minimum absolute atomic E-state index is 0.481. The normalized spacial score (nSPS) is 24.1. The topological polar surface area (TPSA) is 12.0 Å². The standard InChI is InChI=1S/C17H25NS2/c1-13(18-11-17-12-19-8-9-20-17)15-7-6-14-4-2-3-5-16(14)10-15/h6-7,10,13,17-18H,2-5,8-9,11-12H2,1H3. The predicted octanol–water partition coefficient (Wildman–Crippen LogP) is 4.06. The molecular formula is C17H25NS2. The van der Waals surface area contributed by atoms with Gasteiger partial charge < -0.3 is 5.32 Å². The maximum Gasteiger partial charge on any atom is 0.0292 e. The molecule has 1 aliphatic carbocycles. The summed E-state index contributed by atoms with van der Waals surface area (Å²) in [6, 6.07) is 7.64. The number of aryl methyl sites for hydroxylation is 2. The number of fused-ring (bicyclic) bond motifs is 1. The third-order valence-corrected chi connectivity index (χ3v) is 7.25. The second-order valence-corrected chi connectivity index (χ2v) is 8.49. The Morgan fingerprint density at radius 3 is 2.85 bits per heavy atom. The Morgan fingerprint density at radius 1 is 1.20 bits per heavy atom. The first kappa shape index (κ1) is 14.8. The molecule has 1 fully saturated rings. The van der Waals surface area contributed by atoms with E-state index in [4.69, 9.17) is 0 Å². The third kappa shape index (κ3) is 3.75. The summed E-state index contributed by atoms with van der Waals surface area (Å²) in [7, 11) is 0. The largest absolute Gasteiger partial charge is 0.309 e. The fourth-order valence-electron chi connectivity index (χ4n) is 3.10. The second kappa shape index (κ2) is 7.24. The minimum Gasteiger partial charge on any atom is -0.309 e. The summed E-state index contributed by atoms with van der Waals surface area (Å²) in [4.78, 5) is 0. The van der Waals surface area contributed by atoms with Gasteiger partial charge in [0, 0.05) is 35.1 Å². The quantitative estimate of drug-likeness (QED) is 0.901. The van der Waals surface area contributed by atoms with Gasteiger partial charge in [-0.15, -0.1) is 0 Å². The van der Waals surface area contributed by atoms with E-state index in [2.05, 4.69) is 54.0 Å². The van der Waals surface area contributed by atoms with Crippen molar-refractivity contribution in [2.24, 2.45) is 0 Å². The van der Waals surface area contributed by atoms with Gasteiger partial charge in [-0.05, 0) is 49.3 Å². The van der Waals surface area contributed by atoms with Crippen LogP contribution in [0.25, 0.3) is 0 Å². The van der Waals surface area contributed by atoms with Gasteiger partial charge in [-0.2, -0.15) is 23.5 Å². The van der Waals surface area contributed by atoms with Crippen LogP contribution in [0.2, 0.25) is 0 Å². The third-order valence-electron chi connectivity index (χ3n) is 4.41. The van der Waals surface area contributed by atoms with E-state index >= 15 is 0 Å². The van der Waals surface area contributed by atoms with Crippen LogP contribution in [-0.2, 0) is 12.8 Å². The van der Waals surface area contributed by atoms with Crippen molar-refractivity contribution >= 4 is 23.5 Å². The molecule has 2 unspecified atom stereocenters. The first-order valence-electron chi connectivity index (χ1n) is 7.87. The van der Waals surface area contributed by atoms with Crippen LogP contribution in [0.1, 0.15) is 42.5 Å². The highest BCUT2D eigenvalue weighted by Crippen LogP contribution is 2.26. The van der Waals surface area contributed by atoms with E-state index in [1.165, 1.54) is 48.5 Å². The molecule has 0 amide bonds. The maximum absolute atomic E-state index is 3.74. The molecule has 1 nitrogen and oxygen atoms in total. The number of hydrogen-bond acceptors (Lipinski definition) is 3. The SMILES string of the molecule is CC(NCC1CSCCS1)c1ccc2c(c1)CCCC2. The van der Waals surface area contributed by atoms with Gasteiger partial charge in [-0.1, -0.05) is 18.2 Å². The Bertz CT molecular complexity index is 441. The summed E-state index contributed by atoms with van der Waals surface area (Å²) < 4.78 is 0. The Morgan fingerprint density at radius 2 is 2.05 bits per heavy atom. The molecule has 1 aromatic carbocycles. The van der Waals surface area contributed by atoms with Crippen molar-refractivity contribution in [3.63, 3.8) is 0 Å². The van der Waals surface area contributed by atoms with E-state index in [0.29, 0.717) is 6.04 Å². The van der Waals surface area contributed by atoms with Crippen LogP contribution in [0, 0.1) is 0 Å². The van der Waals surface area contributed by atoms with Gasteiger partial charge in [-0.3, -0.25) is 0 Å². The zero-order chi connectivity index (χ0) is 13.8. The first-order chi connectivity index (χ1) is 9.83. The average molecular weight is 308 g/mol. The van der Waals surface area contributed by atoms with Gasteiger partial charge in [0.1, 0.15) is 0 Å². The molecule has 1 aliphatic heterocycles. The Balaban J connectivity index is 1.57. The number of hydrogen-bond donors (Lipinski definition) is 1. The van der Waals surface area contributed by atoms with Crippen LogP contribution in [0.15, 0.2) is 18.2 Å². The van der Waals surface area contributed by atoms with Crippen molar-refractivity contribution < 1.29 is 0 Å². The summed E-state index contributed by atoms with van der Waals surface area (Å²) in [6.45, 7) is 3.46. The van der Waals surface area contributed by atoms with Crippen LogP contribution in [0.4, 0.5) is 0 Å². The summed E-state index contributed by atoms with van der Waals surface area (Å²) in [6.07, 6.45) is 5.31. The second-order valence-electron chi connectivity index (χ2n) is 5.93. The van der Waals surface area contributed by atoms with Gasteiger partial charge in [0.15, 0.2) is 0 Å². The highest BCUT2D eigenvalue weighted by Gasteiger charge is 2.16. The predicted molar refractivity (Wildman–Crippen MR) is 93.1 cm³/mol. The monoisotopic (exact) mass is 307 g/mol. The number of rotatable bonds is 4. The van der Waals surface area contributed by atoms with E-state index in [0.717, 1.165) is 11.8 Å². The molecule has 0 bridgehead atoms. The highest BCUT2D eigenvalue weighted by atomic mass is 32.2. The molecule has 1 saturated heterocycles. The molecule has 2 aliphatic rings. The highest BCUT2D eigenvalue weighted by molar-refractivity contribution is 8.06. The lowest BCUT2D eigenvalue weighted by molar-refractivity contribution is 0.575. The lowest BCUT2D eigenvalue weighted by Crippen LogP contribution is -2.30. The summed E-state index contributed by atoms with van der Waals surface area (Å²) in [5.74, 6) is 3.97. The molecule has 3 rings (SSSR count). The van der Waals surface area contributed by atoms with Crippen molar-refractivity contribution in [3.05, 3.63) is 34.9 Å². The molecule has 0 saturated carbocycles. The van der Waals surface area contributed by atoms with E-state index in [1.807, 2.05) is 0 Å². The molecule has 0 spiro atoms. The average Bonchev–Trinajstić information content (AvgIpc) is 2.53. The summed E-state index contributed by atoms with van der Waals surface area (Å²) in [5.41, 5.74) is 4.66. The van der Waals surface area contributed by atoms with Crippen molar-refractivity contribution in [2.75, 3.05) is 23.8 Å².